The highest BCUT2D eigenvalue weighted by Gasteiger charge is 2.16. The van der Waals surface area contributed by atoms with Crippen LogP contribution in [0.5, 0.6) is 11.5 Å². The fourth-order valence-corrected chi connectivity index (χ4v) is 5.27. The van der Waals surface area contributed by atoms with E-state index in [4.69, 9.17) is 14.5 Å². The number of fused-ring (bicyclic) bond motifs is 1. The van der Waals surface area contributed by atoms with Crippen LogP contribution in [-0.4, -0.2) is 35.2 Å². The Morgan fingerprint density at radius 3 is 2.32 bits per heavy atom. The Balaban J connectivity index is 1.46. The lowest BCUT2D eigenvalue weighted by Gasteiger charge is -2.23. The molecule has 0 radical (unpaired) electrons. The number of hydrogen-bond donors (Lipinski definition) is 0. The molecule has 0 aliphatic heterocycles. The third-order valence-corrected chi connectivity index (χ3v) is 7.41. The van der Waals surface area contributed by atoms with E-state index in [1.165, 1.54) is 22.0 Å². The van der Waals surface area contributed by atoms with Crippen molar-refractivity contribution >= 4 is 16.8 Å². The third-order valence-electron chi connectivity index (χ3n) is 7.41. The van der Waals surface area contributed by atoms with Crippen molar-refractivity contribution < 1.29 is 9.47 Å². The van der Waals surface area contributed by atoms with Crippen LogP contribution in [0.2, 0.25) is 0 Å². The van der Waals surface area contributed by atoms with Gasteiger partial charge in [-0.3, -0.25) is 4.90 Å². The lowest BCUT2D eigenvalue weighted by molar-refractivity contribution is 0.279. The first-order valence-corrected chi connectivity index (χ1v) is 14.4. The van der Waals surface area contributed by atoms with Crippen LogP contribution < -0.4 is 9.47 Å². The average Bonchev–Trinajstić information content (AvgIpc) is 3.42. The van der Waals surface area contributed by atoms with Crippen LogP contribution in [-0.2, 0) is 19.6 Å². The van der Waals surface area contributed by atoms with E-state index in [1.807, 2.05) is 18.2 Å². The van der Waals surface area contributed by atoms with Gasteiger partial charge in [-0.1, -0.05) is 98.3 Å². The zero-order valence-electron chi connectivity index (χ0n) is 24.3. The van der Waals surface area contributed by atoms with Crippen molar-refractivity contribution in [1.82, 2.24) is 14.5 Å². The molecule has 41 heavy (non-hydrogen) atoms. The maximum Gasteiger partial charge on any atom is 0.140 e. The number of aromatic nitrogens is 2. The van der Waals surface area contributed by atoms with Gasteiger partial charge in [-0.05, 0) is 40.5 Å². The molecular weight excluding hydrogens is 506 g/mol. The maximum absolute atomic E-state index is 5.47. The second-order valence-corrected chi connectivity index (χ2v) is 10.3. The van der Waals surface area contributed by atoms with Crippen LogP contribution in [0.15, 0.2) is 103 Å². The molecule has 5 nitrogen and oxygen atoms in total. The topological polar surface area (TPSA) is 39.5 Å². The largest absolute Gasteiger partial charge is 0.497 e. The summed E-state index contributed by atoms with van der Waals surface area (Å²) in [5.74, 6) is 2.60. The molecule has 0 fully saturated rings. The zero-order valence-corrected chi connectivity index (χ0v) is 24.3. The van der Waals surface area contributed by atoms with Gasteiger partial charge in [0.25, 0.3) is 0 Å². The van der Waals surface area contributed by atoms with Crippen molar-refractivity contribution in [3.8, 4) is 22.9 Å². The summed E-state index contributed by atoms with van der Waals surface area (Å²) in [6.45, 7) is 5.59. The predicted molar refractivity (Wildman–Crippen MR) is 169 cm³/mol. The summed E-state index contributed by atoms with van der Waals surface area (Å²) in [5, 5.41) is 2.56. The fourth-order valence-electron chi connectivity index (χ4n) is 5.27. The molecule has 210 valence electrons. The smallest absolute Gasteiger partial charge is 0.140 e. The molecule has 0 saturated heterocycles. The van der Waals surface area contributed by atoms with Crippen LogP contribution in [0.4, 0.5) is 0 Å². The molecule has 1 heterocycles. The molecular formula is C36H39N3O2. The molecule has 0 amide bonds. The van der Waals surface area contributed by atoms with Crippen molar-refractivity contribution in [1.29, 1.82) is 0 Å². The summed E-state index contributed by atoms with van der Waals surface area (Å²) < 4.78 is 13.4. The van der Waals surface area contributed by atoms with Crippen molar-refractivity contribution in [2.45, 2.75) is 39.4 Å². The van der Waals surface area contributed by atoms with Gasteiger partial charge in [0.15, 0.2) is 0 Å². The molecule has 0 aliphatic rings. The minimum Gasteiger partial charge on any atom is -0.497 e. The quantitative estimate of drug-likeness (QED) is 0.149. The normalized spacial score (nSPS) is 11.5. The van der Waals surface area contributed by atoms with E-state index in [9.17, 15) is 0 Å². The molecule has 0 aliphatic carbocycles. The van der Waals surface area contributed by atoms with Crippen LogP contribution in [0, 0.1) is 0 Å². The minimum atomic E-state index is 0.780. The molecule has 4 aromatic carbocycles. The van der Waals surface area contributed by atoms with Crippen molar-refractivity contribution in [2.24, 2.45) is 0 Å². The van der Waals surface area contributed by atoms with E-state index in [1.54, 1.807) is 14.2 Å². The lowest BCUT2D eigenvalue weighted by atomic mass is 10.0. The first-order chi connectivity index (χ1) is 20.2. The second kappa shape index (κ2) is 13.8. The number of methoxy groups -OCH3 is 2. The summed E-state index contributed by atoms with van der Waals surface area (Å²) in [6, 6.07) is 31.7. The van der Waals surface area contributed by atoms with Gasteiger partial charge in [-0.15, -0.1) is 0 Å². The molecule has 0 unspecified atom stereocenters. The van der Waals surface area contributed by atoms with Gasteiger partial charge >= 0.3 is 0 Å². The highest BCUT2D eigenvalue weighted by molar-refractivity contribution is 5.85. The van der Waals surface area contributed by atoms with Crippen LogP contribution in [0.3, 0.4) is 0 Å². The van der Waals surface area contributed by atoms with Gasteiger partial charge in [0, 0.05) is 37.8 Å². The Bertz CT molecular complexity index is 1560. The number of hydrogen-bond acceptors (Lipinski definition) is 4. The Kier molecular flexibility index (Phi) is 9.50. The SMILES string of the molecule is CCCCn1c(CN(CC=Cc2cc(OC)cc(OC)c2)Cc2cccc3ccccc23)cnc1-c1ccccc1. The van der Waals surface area contributed by atoms with Gasteiger partial charge < -0.3 is 14.0 Å². The van der Waals surface area contributed by atoms with E-state index in [0.717, 1.165) is 67.5 Å². The first-order valence-electron chi connectivity index (χ1n) is 14.4. The van der Waals surface area contributed by atoms with Gasteiger partial charge in [0.1, 0.15) is 17.3 Å². The standard InChI is InChI=1S/C36H39N3O2/c1-4-5-21-39-32(25-37-36(39)30-15-7-6-8-16-30)27-38(26-31-18-11-17-29-14-9-10-19-35(29)31)20-12-13-28-22-33(40-2)24-34(23-28)41-3/h6-19,22-25H,4-5,20-21,26-27H2,1-3H3. The molecule has 1 aromatic heterocycles. The second-order valence-electron chi connectivity index (χ2n) is 10.3. The molecule has 5 heteroatoms. The van der Waals surface area contributed by atoms with E-state index >= 15 is 0 Å². The third kappa shape index (κ3) is 7.05. The Morgan fingerprint density at radius 2 is 1.56 bits per heavy atom. The summed E-state index contributed by atoms with van der Waals surface area (Å²) in [7, 11) is 3.36. The number of benzene rings is 4. The van der Waals surface area contributed by atoms with Crippen molar-refractivity contribution in [3.63, 3.8) is 0 Å². The Morgan fingerprint density at radius 1 is 0.829 bits per heavy atom. The van der Waals surface area contributed by atoms with Crippen LogP contribution >= 0.6 is 0 Å². The number of rotatable bonds is 13. The van der Waals surface area contributed by atoms with Crippen LogP contribution in [0.25, 0.3) is 28.2 Å². The average molecular weight is 546 g/mol. The fraction of sp³-hybridized carbons (Fsp3) is 0.250. The van der Waals surface area contributed by atoms with Crippen molar-refractivity contribution in [2.75, 3.05) is 20.8 Å². The summed E-state index contributed by atoms with van der Waals surface area (Å²) in [4.78, 5) is 7.40. The summed E-state index contributed by atoms with van der Waals surface area (Å²) >= 11 is 0. The van der Waals surface area contributed by atoms with E-state index < -0.39 is 0 Å². The zero-order chi connectivity index (χ0) is 28.4. The van der Waals surface area contributed by atoms with Gasteiger partial charge in [0.2, 0.25) is 0 Å². The van der Waals surface area contributed by atoms with Crippen LogP contribution in [0.1, 0.15) is 36.6 Å². The molecule has 0 bridgehead atoms. The minimum absolute atomic E-state index is 0.780. The molecule has 0 N–H and O–H groups in total. The summed E-state index contributed by atoms with van der Waals surface area (Å²) in [5.41, 5.74) is 4.75. The predicted octanol–water partition coefficient (Wildman–Crippen LogP) is 8.24. The monoisotopic (exact) mass is 545 g/mol. The molecule has 0 saturated carbocycles. The van der Waals surface area contributed by atoms with Gasteiger partial charge in [-0.2, -0.15) is 0 Å². The summed E-state index contributed by atoms with van der Waals surface area (Å²) in [6.07, 6.45) is 8.68. The van der Waals surface area contributed by atoms with Crippen molar-refractivity contribution in [3.05, 3.63) is 120 Å². The lowest BCUT2D eigenvalue weighted by Crippen LogP contribution is -2.25. The highest BCUT2D eigenvalue weighted by atomic mass is 16.5. The number of unbranched alkanes of at least 4 members (excludes halogenated alkanes) is 1. The van der Waals surface area contributed by atoms with Gasteiger partial charge in [0.05, 0.1) is 26.1 Å². The van der Waals surface area contributed by atoms with E-state index in [2.05, 4.69) is 108 Å². The molecule has 5 rings (SSSR count). The number of imidazole rings is 1. The van der Waals surface area contributed by atoms with E-state index in [0.29, 0.717) is 0 Å². The highest BCUT2D eigenvalue weighted by Crippen LogP contribution is 2.26. The Hall–Kier alpha value is -4.35. The molecule has 5 aromatic rings. The molecule has 0 atom stereocenters. The number of nitrogens with zero attached hydrogens (tertiary/aromatic N) is 3. The maximum atomic E-state index is 5.47. The Labute approximate surface area is 243 Å². The molecule has 0 spiro atoms. The van der Waals surface area contributed by atoms with Gasteiger partial charge in [-0.25, -0.2) is 4.98 Å². The van der Waals surface area contributed by atoms with E-state index in [-0.39, 0.29) is 0 Å². The first kappa shape index (κ1) is 28.2. The number of ether oxygens (including phenoxy) is 2.